The Labute approximate surface area is 85.6 Å². The maximum absolute atomic E-state index is 10.9. The average Bonchev–Trinajstić information content (AvgIpc) is 2.47. The van der Waals surface area contributed by atoms with Crippen molar-refractivity contribution in [3.05, 3.63) is 0 Å². The second kappa shape index (κ2) is 4.75. The van der Waals surface area contributed by atoms with Gasteiger partial charge in [-0.25, -0.2) is 0 Å². The lowest BCUT2D eigenvalue weighted by atomic mass is 10.1. The van der Waals surface area contributed by atoms with E-state index in [0.717, 1.165) is 6.42 Å². The number of hydrogen-bond acceptors (Lipinski definition) is 3. The first-order chi connectivity index (χ1) is 6.56. The third-order valence-corrected chi connectivity index (χ3v) is 3.20. The van der Waals surface area contributed by atoms with Gasteiger partial charge in [-0.05, 0) is 26.2 Å². The number of hydrogen-bond donors (Lipinski definition) is 2. The smallest absolute Gasteiger partial charge is 0.235 e. The third kappa shape index (κ3) is 2.45. The van der Waals surface area contributed by atoms with Crippen LogP contribution in [0.15, 0.2) is 0 Å². The van der Waals surface area contributed by atoms with Gasteiger partial charge < -0.3 is 11.5 Å². The highest BCUT2D eigenvalue weighted by Crippen LogP contribution is 2.25. The lowest BCUT2D eigenvalue weighted by molar-refractivity contribution is -0.119. The molecule has 14 heavy (non-hydrogen) atoms. The van der Waals surface area contributed by atoms with E-state index in [1.54, 1.807) is 0 Å². The molecule has 1 aliphatic rings. The molecule has 4 heteroatoms. The lowest BCUT2D eigenvalue weighted by Crippen LogP contribution is -2.49. The number of rotatable bonds is 4. The van der Waals surface area contributed by atoms with Gasteiger partial charge >= 0.3 is 0 Å². The van der Waals surface area contributed by atoms with Crippen molar-refractivity contribution in [2.75, 3.05) is 6.54 Å². The molecular formula is C10H21N3O. The first-order valence-corrected chi connectivity index (χ1v) is 5.36. The van der Waals surface area contributed by atoms with Crippen LogP contribution < -0.4 is 11.5 Å². The standard InChI is InChI=1S/C10H21N3O/c1-3-8-5-4-7(2)13(8)6-9(11)10(12)14/h7-9H,3-6,11H2,1-2H3,(H2,12,14). The predicted octanol–water partition coefficient (Wildman–Crippen LogP) is 0.0619. The van der Waals surface area contributed by atoms with Crippen molar-refractivity contribution in [2.24, 2.45) is 11.5 Å². The van der Waals surface area contributed by atoms with E-state index in [1.165, 1.54) is 12.8 Å². The van der Waals surface area contributed by atoms with Crippen molar-refractivity contribution >= 4 is 5.91 Å². The SMILES string of the molecule is CCC1CCC(C)N1CC(N)C(N)=O. The first-order valence-electron chi connectivity index (χ1n) is 5.36. The van der Waals surface area contributed by atoms with Crippen LogP contribution in [0.4, 0.5) is 0 Å². The number of nitrogens with zero attached hydrogens (tertiary/aromatic N) is 1. The molecule has 1 fully saturated rings. The summed E-state index contributed by atoms with van der Waals surface area (Å²) in [6.07, 6.45) is 3.53. The van der Waals surface area contributed by atoms with Crippen LogP contribution in [0.25, 0.3) is 0 Å². The monoisotopic (exact) mass is 199 g/mol. The molecule has 0 radical (unpaired) electrons. The molecule has 4 nitrogen and oxygen atoms in total. The summed E-state index contributed by atoms with van der Waals surface area (Å²) < 4.78 is 0. The predicted molar refractivity (Wildman–Crippen MR) is 56.7 cm³/mol. The molecule has 1 aliphatic heterocycles. The van der Waals surface area contributed by atoms with Crippen LogP contribution in [0.2, 0.25) is 0 Å². The van der Waals surface area contributed by atoms with E-state index in [-0.39, 0.29) is 0 Å². The molecule has 4 N–H and O–H groups in total. The third-order valence-electron chi connectivity index (χ3n) is 3.20. The van der Waals surface area contributed by atoms with Gasteiger partial charge in [0, 0.05) is 18.6 Å². The van der Waals surface area contributed by atoms with Gasteiger partial charge in [-0.1, -0.05) is 6.92 Å². The molecule has 0 aromatic rings. The van der Waals surface area contributed by atoms with Crippen LogP contribution in [-0.2, 0) is 4.79 Å². The zero-order valence-corrected chi connectivity index (χ0v) is 9.07. The molecule has 3 unspecified atom stereocenters. The lowest BCUT2D eigenvalue weighted by Gasteiger charge is -2.29. The van der Waals surface area contributed by atoms with Gasteiger partial charge in [-0.15, -0.1) is 0 Å². The molecule has 1 saturated heterocycles. The Hall–Kier alpha value is -0.610. The molecule has 1 rings (SSSR count). The summed E-state index contributed by atoms with van der Waals surface area (Å²) in [4.78, 5) is 13.2. The highest BCUT2D eigenvalue weighted by atomic mass is 16.1. The van der Waals surface area contributed by atoms with Crippen molar-refractivity contribution in [3.8, 4) is 0 Å². The molecular weight excluding hydrogens is 178 g/mol. The van der Waals surface area contributed by atoms with Gasteiger partial charge in [0.2, 0.25) is 5.91 Å². The quantitative estimate of drug-likeness (QED) is 0.672. The summed E-state index contributed by atoms with van der Waals surface area (Å²) in [7, 11) is 0. The Morgan fingerprint density at radius 2 is 2.21 bits per heavy atom. The molecule has 82 valence electrons. The summed E-state index contributed by atoms with van der Waals surface area (Å²) in [6.45, 7) is 4.96. The van der Waals surface area contributed by atoms with Crippen molar-refractivity contribution in [1.29, 1.82) is 0 Å². The summed E-state index contributed by atoms with van der Waals surface area (Å²) >= 11 is 0. The number of amides is 1. The Balaban J connectivity index is 2.52. The second-order valence-corrected chi connectivity index (χ2v) is 4.19. The summed E-state index contributed by atoms with van der Waals surface area (Å²) in [6, 6.07) is 0.588. The van der Waals surface area contributed by atoms with E-state index in [4.69, 9.17) is 11.5 Å². The number of carbonyl (C=O) groups is 1. The molecule has 1 amide bonds. The highest BCUT2D eigenvalue weighted by molar-refractivity contribution is 5.79. The molecule has 3 atom stereocenters. The van der Waals surface area contributed by atoms with Crippen LogP contribution in [0.3, 0.4) is 0 Å². The molecule has 0 bridgehead atoms. The van der Waals surface area contributed by atoms with Crippen molar-refractivity contribution in [3.63, 3.8) is 0 Å². The zero-order valence-electron chi connectivity index (χ0n) is 9.07. The number of likely N-dealkylation sites (tertiary alicyclic amines) is 1. The summed E-state index contributed by atoms with van der Waals surface area (Å²) in [5.74, 6) is -0.404. The van der Waals surface area contributed by atoms with Gasteiger partial charge in [-0.2, -0.15) is 0 Å². The van der Waals surface area contributed by atoms with E-state index >= 15 is 0 Å². The van der Waals surface area contributed by atoms with Crippen LogP contribution in [0.1, 0.15) is 33.1 Å². The van der Waals surface area contributed by atoms with E-state index < -0.39 is 11.9 Å². The molecule has 1 heterocycles. The average molecular weight is 199 g/mol. The number of primary amides is 1. The number of carbonyl (C=O) groups excluding carboxylic acids is 1. The Kier molecular flexibility index (Phi) is 3.89. The van der Waals surface area contributed by atoms with Gasteiger partial charge in [0.1, 0.15) is 0 Å². The van der Waals surface area contributed by atoms with Crippen molar-refractivity contribution in [1.82, 2.24) is 4.90 Å². The fourth-order valence-corrected chi connectivity index (χ4v) is 2.21. The molecule has 0 saturated carbocycles. The molecule has 0 aliphatic carbocycles. The molecule has 0 spiro atoms. The highest BCUT2D eigenvalue weighted by Gasteiger charge is 2.31. The summed E-state index contributed by atoms with van der Waals surface area (Å²) in [5.41, 5.74) is 10.8. The largest absolute Gasteiger partial charge is 0.368 e. The maximum Gasteiger partial charge on any atom is 0.235 e. The Bertz CT molecular complexity index is 208. The molecule has 0 aromatic heterocycles. The fourth-order valence-electron chi connectivity index (χ4n) is 2.21. The van der Waals surface area contributed by atoms with E-state index in [2.05, 4.69) is 18.7 Å². The van der Waals surface area contributed by atoms with Gasteiger partial charge in [0.15, 0.2) is 0 Å². The minimum atomic E-state index is -0.524. The molecule has 0 aromatic carbocycles. The fraction of sp³-hybridized carbons (Fsp3) is 0.900. The van der Waals surface area contributed by atoms with Crippen LogP contribution in [0.5, 0.6) is 0 Å². The zero-order chi connectivity index (χ0) is 10.7. The van der Waals surface area contributed by atoms with Crippen molar-refractivity contribution in [2.45, 2.75) is 51.2 Å². The Morgan fingerprint density at radius 3 is 2.71 bits per heavy atom. The number of nitrogens with two attached hydrogens (primary N) is 2. The van der Waals surface area contributed by atoms with E-state index in [9.17, 15) is 4.79 Å². The minimum absolute atomic E-state index is 0.404. The van der Waals surface area contributed by atoms with E-state index in [1.807, 2.05) is 0 Å². The van der Waals surface area contributed by atoms with Gasteiger partial charge in [-0.3, -0.25) is 9.69 Å². The second-order valence-electron chi connectivity index (χ2n) is 4.19. The van der Waals surface area contributed by atoms with Crippen LogP contribution in [-0.4, -0.2) is 35.5 Å². The van der Waals surface area contributed by atoms with Gasteiger partial charge in [0.05, 0.1) is 6.04 Å². The Morgan fingerprint density at radius 1 is 1.57 bits per heavy atom. The summed E-state index contributed by atoms with van der Waals surface area (Å²) in [5, 5.41) is 0. The van der Waals surface area contributed by atoms with Gasteiger partial charge in [0.25, 0.3) is 0 Å². The van der Waals surface area contributed by atoms with Crippen molar-refractivity contribution < 1.29 is 4.79 Å². The van der Waals surface area contributed by atoms with E-state index in [0.29, 0.717) is 18.6 Å². The topological polar surface area (TPSA) is 72.3 Å². The minimum Gasteiger partial charge on any atom is -0.368 e. The van der Waals surface area contributed by atoms with Crippen LogP contribution in [0, 0.1) is 0 Å². The first kappa shape index (κ1) is 11.5. The maximum atomic E-state index is 10.9. The van der Waals surface area contributed by atoms with Crippen LogP contribution >= 0.6 is 0 Å². The normalized spacial score (nSPS) is 30.5.